The van der Waals surface area contributed by atoms with E-state index in [0.717, 1.165) is 107 Å². The average molecular weight is 1140 g/mol. The molecule has 2 heterocycles. The van der Waals surface area contributed by atoms with Crippen molar-refractivity contribution in [2.24, 2.45) is 0 Å². The van der Waals surface area contributed by atoms with Crippen LogP contribution in [-0.2, 0) is 15.6 Å². The third-order valence-corrected chi connectivity index (χ3v) is 18.2. The highest BCUT2D eigenvalue weighted by Gasteiger charge is 2.41. The van der Waals surface area contributed by atoms with Crippen LogP contribution in [0, 0.1) is 6.92 Å². The Morgan fingerprint density at radius 3 is 2.52 bits per heavy atom. The fourth-order valence-corrected chi connectivity index (χ4v) is 13.4. The minimum absolute atomic E-state index is 0.0306. The summed E-state index contributed by atoms with van der Waals surface area (Å²) in [4.78, 5) is 17.0. The number of fused-ring (bicyclic) bond motifs is 5. The summed E-state index contributed by atoms with van der Waals surface area (Å²) >= 11 is 5.61. The van der Waals surface area contributed by atoms with Crippen molar-refractivity contribution in [1.82, 2.24) is 0 Å². The van der Waals surface area contributed by atoms with E-state index in [1.807, 2.05) is 52.9 Å². The molecule has 6 aromatic carbocycles. The molecule has 410 valence electrons. The molecule has 1 atom stereocenters. The first-order valence-electron chi connectivity index (χ1n) is 28.6. The zero-order valence-corrected chi connectivity index (χ0v) is 50.3. The maximum Gasteiger partial charge on any atom is 0.218 e. The first-order chi connectivity index (χ1) is 38.0. The molecule has 6 aromatic rings. The molecule has 1 aliphatic carbocycles. The van der Waals surface area contributed by atoms with Gasteiger partial charge < -0.3 is 19.5 Å². The number of aryl methyl sites for hydroxylation is 1. The molecular weight excluding hydrogens is 1060 g/mol. The number of methoxy groups -OCH3 is 1. The number of halogens is 1. The van der Waals surface area contributed by atoms with Crippen molar-refractivity contribution < 1.29 is 24.0 Å². The Kier molecular flexibility index (Phi) is 18.3. The lowest BCUT2D eigenvalue weighted by Crippen LogP contribution is -2.27. The largest absolute Gasteiger partial charge is 0.508 e. The lowest BCUT2D eigenvalue weighted by molar-refractivity contribution is -0.344. The zero-order valence-electron chi connectivity index (χ0n) is 47.9. The normalized spacial score (nSPS) is 16.5. The molecule has 8 heteroatoms. The summed E-state index contributed by atoms with van der Waals surface area (Å²) in [7, 11) is 1.76. The third-order valence-electron chi connectivity index (χ3n) is 16.7. The van der Waals surface area contributed by atoms with Crippen molar-refractivity contribution >= 4 is 78.7 Å². The van der Waals surface area contributed by atoms with E-state index in [0.29, 0.717) is 36.5 Å². The number of para-hydroxylation sites is 1. The Bertz CT molecular complexity index is 3480. The van der Waals surface area contributed by atoms with Gasteiger partial charge in [0.05, 0.1) is 17.1 Å². The van der Waals surface area contributed by atoms with Crippen molar-refractivity contribution in [1.29, 1.82) is 0 Å². The van der Waals surface area contributed by atoms with Gasteiger partial charge in [0.1, 0.15) is 24.0 Å². The number of allylic oxidation sites excluding steroid dienone is 9. The number of carbonyl (C=O) groups excluding carboxylic acids is 1. The highest BCUT2D eigenvalue weighted by atomic mass is 79.9. The number of rotatable bonds is 24. The molecule has 0 spiro atoms. The molecule has 0 bridgehead atoms. The van der Waals surface area contributed by atoms with E-state index >= 15 is 0 Å². The molecule has 2 aliphatic heterocycles. The molecule has 9 rings (SSSR count). The summed E-state index contributed by atoms with van der Waals surface area (Å²) in [6, 6.07) is 35.9. The smallest absolute Gasteiger partial charge is 0.218 e. The number of carbonyl (C=O) groups is 1. The van der Waals surface area contributed by atoms with Crippen LogP contribution < -0.4 is 9.64 Å². The maximum atomic E-state index is 14.4. The Hall–Kier alpha value is -6.19. The number of aromatic hydroxyl groups is 1. The van der Waals surface area contributed by atoms with Crippen LogP contribution in [0.5, 0.6) is 11.5 Å². The van der Waals surface area contributed by atoms with Crippen LogP contribution in [0.25, 0.3) is 27.1 Å². The SMILES string of the molecule is C=C(C=CC1=C(Oc2ccccc2C(=O)CCCC2=C[N+](=C)c3ccc(O)cc32)C(=CC=C2N(CCCCC)c3ccc4cc(C)ccc4c3C2(C)C)CC1)C(C)(C)c1c(C(C)CCCCSCOC)ccc2cc(Br)ccc12. The lowest BCUT2D eigenvalue weighted by atomic mass is 9.71. The van der Waals surface area contributed by atoms with Crippen molar-refractivity contribution in [2.45, 2.75) is 136 Å². The number of phenolic OH excluding ortho intramolecular Hbond substituents is 1. The first kappa shape index (κ1) is 57.5. The van der Waals surface area contributed by atoms with Gasteiger partial charge in [0.15, 0.2) is 12.0 Å². The van der Waals surface area contributed by atoms with E-state index in [4.69, 9.17) is 16.1 Å². The number of ketones is 1. The molecule has 0 saturated carbocycles. The second kappa shape index (κ2) is 25.1. The van der Waals surface area contributed by atoms with Gasteiger partial charge in [-0.1, -0.05) is 162 Å². The van der Waals surface area contributed by atoms with Crippen LogP contribution in [0.4, 0.5) is 11.4 Å². The Labute approximate surface area is 483 Å². The number of thioether (sulfide) groups is 1. The topological polar surface area (TPSA) is 62.0 Å². The van der Waals surface area contributed by atoms with Crippen LogP contribution in [0.3, 0.4) is 0 Å². The zero-order chi connectivity index (χ0) is 56.0. The van der Waals surface area contributed by atoms with Crippen molar-refractivity contribution in [3.8, 4) is 11.5 Å². The molecule has 0 saturated heterocycles. The number of hydrogen-bond acceptors (Lipinski definition) is 6. The van der Waals surface area contributed by atoms with Crippen LogP contribution in [0.15, 0.2) is 173 Å². The Balaban J connectivity index is 1.07. The Morgan fingerprint density at radius 2 is 1.71 bits per heavy atom. The van der Waals surface area contributed by atoms with Crippen LogP contribution in [0.1, 0.15) is 156 Å². The molecule has 3 aliphatic rings. The fourth-order valence-electron chi connectivity index (χ4n) is 12.3. The van der Waals surface area contributed by atoms with E-state index in [1.165, 1.54) is 61.6 Å². The highest BCUT2D eigenvalue weighted by molar-refractivity contribution is 9.10. The van der Waals surface area contributed by atoms with Crippen molar-refractivity contribution in [3.05, 3.63) is 206 Å². The summed E-state index contributed by atoms with van der Waals surface area (Å²) < 4.78 is 15.4. The maximum absolute atomic E-state index is 14.4. The second-order valence-corrected chi connectivity index (χ2v) is 25.0. The molecule has 0 fully saturated rings. The predicted molar refractivity (Wildman–Crippen MR) is 339 cm³/mol. The number of ether oxygens (including phenoxy) is 2. The monoisotopic (exact) mass is 1140 g/mol. The molecule has 0 radical (unpaired) electrons. The van der Waals surface area contributed by atoms with Crippen LogP contribution >= 0.6 is 27.7 Å². The van der Waals surface area contributed by atoms with E-state index in [2.05, 4.69) is 161 Å². The molecule has 0 aromatic heterocycles. The van der Waals surface area contributed by atoms with Crippen LogP contribution in [0.2, 0.25) is 0 Å². The molecule has 79 heavy (non-hydrogen) atoms. The number of nitrogens with zero attached hydrogens (tertiary/aromatic N) is 2. The highest BCUT2D eigenvalue weighted by Crippen LogP contribution is 2.52. The second-order valence-electron chi connectivity index (χ2n) is 23.1. The average Bonchev–Trinajstić information content (AvgIpc) is 4.12. The van der Waals surface area contributed by atoms with E-state index in [1.54, 1.807) is 19.2 Å². The van der Waals surface area contributed by atoms with Gasteiger partial charge in [0, 0.05) is 58.4 Å². The van der Waals surface area contributed by atoms with Gasteiger partial charge in [0.25, 0.3) is 0 Å². The van der Waals surface area contributed by atoms with Crippen LogP contribution in [-0.4, -0.2) is 47.5 Å². The number of Topliss-reactive ketones (excluding diaryl/α,β-unsaturated/α-hetero) is 1. The van der Waals surface area contributed by atoms with Gasteiger partial charge in [-0.05, 0) is 167 Å². The quantitative estimate of drug-likeness (QED) is 0.0214. The number of unbranched alkanes of at least 4 members (excludes halogenated alkanes) is 3. The van der Waals surface area contributed by atoms with Gasteiger partial charge in [-0.2, -0.15) is 4.58 Å². The molecular formula is C71H80BrN2O4S+. The summed E-state index contributed by atoms with van der Waals surface area (Å²) in [6.07, 6.45) is 21.2. The fraction of sp³-hybridized carbons (Fsp3) is 0.352. The van der Waals surface area contributed by atoms with Crippen molar-refractivity contribution in [2.75, 3.05) is 30.2 Å². The van der Waals surface area contributed by atoms with Gasteiger partial charge in [-0.25, -0.2) is 0 Å². The number of phenols is 1. The number of hydrogen-bond donors (Lipinski definition) is 1. The van der Waals surface area contributed by atoms with Gasteiger partial charge in [-0.15, -0.1) is 11.8 Å². The van der Waals surface area contributed by atoms with E-state index < -0.39 is 5.41 Å². The summed E-state index contributed by atoms with van der Waals surface area (Å²) in [5.74, 6) is 3.80. The first-order valence-corrected chi connectivity index (χ1v) is 30.5. The predicted octanol–water partition coefficient (Wildman–Crippen LogP) is 19.4. The minimum Gasteiger partial charge on any atom is -0.508 e. The Morgan fingerprint density at radius 1 is 0.924 bits per heavy atom. The van der Waals surface area contributed by atoms with E-state index in [9.17, 15) is 9.90 Å². The molecule has 0 amide bonds. The molecule has 1 N–H and O–H groups in total. The number of anilines is 1. The summed E-state index contributed by atoms with van der Waals surface area (Å²) in [6.45, 7) is 26.2. The van der Waals surface area contributed by atoms with Gasteiger partial charge >= 0.3 is 0 Å². The summed E-state index contributed by atoms with van der Waals surface area (Å²) in [5.41, 5.74) is 14.0. The summed E-state index contributed by atoms with van der Waals surface area (Å²) in [5, 5.41) is 15.3. The minimum atomic E-state index is -0.417. The van der Waals surface area contributed by atoms with Gasteiger partial charge in [0.2, 0.25) is 5.69 Å². The molecule has 1 unspecified atom stereocenters. The van der Waals surface area contributed by atoms with E-state index in [-0.39, 0.29) is 16.9 Å². The van der Waals surface area contributed by atoms with Crippen molar-refractivity contribution in [3.63, 3.8) is 0 Å². The standard InChI is InChI=1S/C71H79BrN2O4S/c1-11-12-16-40-74-63-37-30-52-42-47(2)24-34-59(52)68(63)71(7,8)66(74)39-31-51-28-27-50(69(51)78-65-23-14-13-21-60(65)64(76)22-18-20-54-45-73(9)62-38-33-56(75)44-61(54)62)26-25-49(4)70(5,6)67-57(48(3)19-15-17-41-79-46-77-10)35-29-53-43-55(72)32-36-58(53)67/h13-14,21,23-26,29-39,42-45,48H,4,9,11-12,15-20,22,27-28,40-41,46H2,1-3,5-8,10H3/p+1. The third kappa shape index (κ3) is 12.4. The number of benzene rings is 6. The lowest BCUT2D eigenvalue weighted by Gasteiger charge is -2.32. The molecule has 6 nitrogen and oxygen atoms in total. The van der Waals surface area contributed by atoms with Gasteiger partial charge in [-0.3, -0.25) is 4.79 Å².